The minimum absolute atomic E-state index is 0.0237. The maximum Gasteiger partial charge on any atom is 0.425 e. The smallest absolute Gasteiger partial charge is 0.425 e. The highest BCUT2D eigenvalue weighted by atomic mass is 79.9. The summed E-state index contributed by atoms with van der Waals surface area (Å²) in [7, 11) is 0. The number of aromatic nitrogens is 3. The maximum atomic E-state index is 13.0. The van der Waals surface area contributed by atoms with Crippen molar-refractivity contribution >= 4 is 61.6 Å². The standard InChI is InChI=1S/C22H27Br2N5O6/c1-8-33-13-11-9-10-12(25-13)18(30)28-16-14(23)26-15(24)17(27-16)29(19(31)34-21(2,3)4)20(32)35-22(5,6)7/h9-11H,8H2,1-7H3,(H,27,28,30). The topological polar surface area (TPSA) is 133 Å². The number of carbonyl (C=O) groups is 3. The minimum Gasteiger partial charge on any atom is -0.478 e. The fourth-order valence-corrected chi connectivity index (χ4v) is 3.46. The van der Waals surface area contributed by atoms with Crippen molar-refractivity contribution in [1.82, 2.24) is 15.0 Å². The average molecular weight is 617 g/mol. The summed E-state index contributed by atoms with van der Waals surface area (Å²) in [4.78, 5) is 52.0. The van der Waals surface area contributed by atoms with Crippen LogP contribution in [0.3, 0.4) is 0 Å². The Morgan fingerprint density at radius 3 is 2.00 bits per heavy atom. The van der Waals surface area contributed by atoms with E-state index in [1.807, 2.05) is 0 Å². The van der Waals surface area contributed by atoms with Crippen LogP contribution < -0.4 is 15.0 Å². The fourth-order valence-electron chi connectivity index (χ4n) is 2.41. The molecule has 3 amide bonds. The number of anilines is 2. The molecule has 0 aliphatic carbocycles. The zero-order valence-electron chi connectivity index (χ0n) is 20.4. The molecule has 0 aromatic carbocycles. The van der Waals surface area contributed by atoms with Crippen LogP contribution in [0.1, 0.15) is 59.0 Å². The second-order valence-electron chi connectivity index (χ2n) is 9.02. The van der Waals surface area contributed by atoms with Gasteiger partial charge in [0, 0.05) is 6.07 Å². The Morgan fingerprint density at radius 1 is 0.914 bits per heavy atom. The quantitative estimate of drug-likeness (QED) is 0.447. The molecule has 13 heteroatoms. The molecule has 0 radical (unpaired) electrons. The Morgan fingerprint density at radius 2 is 1.49 bits per heavy atom. The van der Waals surface area contributed by atoms with Crippen molar-refractivity contribution in [2.75, 3.05) is 16.8 Å². The van der Waals surface area contributed by atoms with Gasteiger partial charge in [0.1, 0.15) is 21.5 Å². The van der Waals surface area contributed by atoms with Gasteiger partial charge in [-0.25, -0.2) is 24.5 Å². The molecule has 0 saturated heterocycles. The number of nitrogens with zero attached hydrogens (tertiary/aromatic N) is 4. The fraction of sp³-hybridized carbons (Fsp3) is 0.455. The number of pyridine rings is 1. The zero-order valence-corrected chi connectivity index (χ0v) is 23.6. The second kappa shape index (κ2) is 11.3. The Kier molecular flexibility index (Phi) is 9.17. The van der Waals surface area contributed by atoms with Crippen LogP contribution in [0.4, 0.5) is 21.2 Å². The number of ether oxygens (including phenoxy) is 3. The zero-order chi connectivity index (χ0) is 26.6. The van der Waals surface area contributed by atoms with Gasteiger partial charge in [0.2, 0.25) is 5.88 Å². The lowest BCUT2D eigenvalue weighted by atomic mass is 10.2. The number of imide groups is 1. The van der Waals surface area contributed by atoms with Crippen LogP contribution in [-0.2, 0) is 9.47 Å². The summed E-state index contributed by atoms with van der Waals surface area (Å²) in [5, 5.41) is 2.56. The molecule has 2 heterocycles. The van der Waals surface area contributed by atoms with Crippen LogP contribution in [0.25, 0.3) is 0 Å². The van der Waals surface area contributed by atoms with Crippen LogP contribution in [0.15, 0.2) is 27.4 Å². The highest BCUT2D eigenvalue weighted by molar-refractivity contribution is 9.11. The van der Waals surface area contributed by atoms with Gasteiger partial charge in [0.15, 0.2) is 16.2 Å². The van der Waals surface area contributed by atoms with E-state index in [1.165, 1.54) is 6.07 Å². The highest BCUT2D eigenvalue weighted by Gasteiger charge is 2.36. The third-order valence-electron chi connectivity index (χ3n) is 3.64. The molecular formula is C22H27Br2N5O6. The van der Waals surface area contributed by atoms with E-state index >= 15 is 0 Å². The average Bonchev–Trinajstić information content (AvgIpc) is 2.69. The van der Waals surface area contributed by atoms with Gasteiger partial charge in [-0.3, -0.25) is 4.79 Å². The van der Waals surface area contributed by atoms with Gasteiger partial charge >= 0.3 is 12.2 Å². The molecular weight excluding hydrogens is 590 g/mol. The number of hydrogen-bond acceptors (Lipinski definition) is 9. The molecule has 2 rings (SSSR count). The lowest BCUT2D eigenvalue weighted by Crippen LogP contribution is -2.44. The molecule has 0 aliphatic heterocycles. The summed E-state index contributed by atoms with van der Waals surface area (Å²) >= 11 is 6.44. The molecule has 0 bridgehead atoms. The highest BCUT2D eigenvalue weighted by Crippen LogP contribution is 2.31. The van der Waals surface area contributed by atoms with Crippen molar-refractivity contribution in [3.63, 3.8) is 0 Å². The Bertz CT molecular complexity index is 1090. The molecule has 11 nitrogen and oxygen atoms in total. The molecule has 1 N–H and O–H groups in total. The summed E-state index contributed by atoms with van der Waals surface area (Å²) in [5.41, 5.74) is -1.77. The van der Waals surface area contributed by atoms with Crippen molar-refractivity contribution in [2.45, 2.75) is 59.7 Å². The van der Waals surface area contributed by atoms with E-state index in [2.05, 4.69) is 52.1 Å². The Balaban J connectivity index is 2.48. The molecule has 0 atom stereocenters. The Hall–Kier alpha value is -2.80. The van der Waals surface area contributed by atoms with E-state index in [1.54, 1.807) is 60.6 Å². The third kappa shape index (κ3) is 8.42. The molecule has 0 unspecified atom stereocenters. The van der Waals surface area contributed by atoms with Crippen LogP contribution in [0.5, 0.6) is 5.88 Å². The molecule has 190 valence electrons. The van der Waals surface area contributed by atoms with E-state index in [0.29, 0.717) is 11.5 Å². The van der Waals surface area contributed by atoms with Crippen molar-refractivity contribution < 1.29 is 28.6 Å². The predicted molar refractivity (Wildman–Crippen MR) is 136 cm³/mol. The number of carbonyl (C=O) groups excluding carboxylic acids is 3. The summed E-state index contributed by atoms with van der Waals surface area (Å²) in [6.07, 6.45) is -2.07. The largest absolute Gasteiger partial charge is 0.478 e. The molecule has 0 saturated carbocycles. The number of rotatable bonds is 5. The van der Waals surface area contributed by atoms with E-state index in [4.69, 9.17) is 14.2 Å². The lowest BCUT2D eigenvalue weighted by molar-refractivity contribution is 0.0428. The summed E-state index contributed by atoms with van der Waals surface area (Å²) < 4.78 is 16.2. The van der Waals surface area contributed by atoms with Crippen LogP contribution in [-0.4, -0.2) is 50.9 Å². The molecule has 0 spiro atoms. The van der Waals surface area contributed by atoms with Crippen molar-refractivity contribution in [1.29, 1.82) is 0 Å². The van der Waals surface area contributed by atoms with E-state index in [-0.39, 0.29) is 32.4 Å². The van der Waals surface area contributed by atoms with Crippen molar-refractivity contribution in [3.8, 4) is 5.88 Å². The van der Waals surface area contributed by atoms with Crippen molar-refractivity contribution in [3.05, 3.63) is 33.1 Å². The van der Waals surface area contributed by atoms with Gasteiger partial charge in [0.05, 0.1) is 6.61 Å². The van der Waals surface area contributed by atoms with E-state index < -0.39 is 29.3 Å². The minimum atomic E-state index is -1.03. The van der Waals surface area contributed by atoms with Gasteiger partial charge in [-0.05, 0) is 86.4 Å². The maximum absolute atomic E-state index is 13.0. The monoisotopic (exact) mass is 615 g/mol. The summed E-state index contributed by atoms with van der Waals surface area (Å²) in [6, 6.07) is 4.73. The second-order valence-corrected chi connectivity index (χ2v) is 10.5. The van der Waals surface area contributed by atoms with Crippen LogP contribution in [0.2, 0.25) is 0 Å². The Labute approximate surface area is 220 Å². The van der Waals surface area contributed by atoms with Gasteiger partial charge in [-0.1, -0.05) is 6.07 Å². The summed E-state index contributed by atoms with van der Waals surface area (Å²) in [6.45, 7) is 12.1. The number of nitrogens with one attached hydrogen (secondary N) is 1. The van der Waals surface area contributed by atoms with E-state index in [9.17, 15) is 14.4 Å². The number of hydrogen-bond donors (Lipinski definition) is 1. The van der Waals surface area contributed by atoms with Crippen LogP contribution >= 0.6 is 31.9 Å². The van der Waals surface area contributed by atoms with Crippen molar-refractivity contribution in [2.24, 2.45) is 0 Å². The third-order valence-corrected chi connectivity index (χ3v) is 4.72. The molecule has 0 aliphatic rings. The van der Waals surface area contributed by atoms with Gasteiger partial charge in [-0.2, -0.15) is 4.90 Å². The first kappa shape index (κ1) is 28.4. The summed E-state index contributed by atoms with van der Waals surface area (Å²) in [5.74, 6) is -0.657. The van der Waals surface area contributed by atoms with Gasteiger partial charge < -0.3 is 19.5 Å². The van der Waals surface area contributed by atoms with Gasteiger partial charge in [0.25, 0.3) is 5.91 Å². The molecule has 2 aromatic rings. The molecule has 2 aromatic heterocycles. The molecule has 35 heavy (non-hydrogen) atoms. The SMILES string of the molecule is CCOc1cccc(C(=O)Nc2nc(N(C(=O)OC(C)(C)C)C(=O)OC(C)(C)C)c(Br)nc2Br)n1. The first-order valence-electron chi connectivity index (χ1n) is 10.5. The normalized spacial score (nSPS) is 11.5. The van der Waals surface area contributed by atoms with Crippen LogP contribution in [0, 0.1) is 0 Å². The molecule has 0 fully saturated rings. The van der Waals surface area contributed by atoms with E-state index in [0.717, 1.165) is 0 Å². The number of halogens is 2. The first-order chi connectivity index (χ1) is 16.1. The predicted octanol–water partition coefficient (Wildman–Crippen LogP) is 5.72. The number of amides is 3. The lowest BCUT2D eigenvalue weighted by Gasteiger charge is -2.28. The first-order valence-corrected chi connectivity index (χ1v) is 12.1. The van der Waals surface area contributed by atoms with Gasteiger partial charge in [-0.15, -0.1) is 0 Å².